The molecule has 6 rings (SSSR count). The van der Waals surface area contributed by atoms with Crippen LogP contribution in [0.25, 0.3) is 55.8 Å². The van der Waals surface area contributed by atoms with Gasteiger partial charge in [-0.05, 0) is 99.1 Å². The minimum absolute atomic E-state index is 0.247. The summed E-state index contributed by atoms with van der Waals surface area (Å²) >= 11 is 0. The van der Waals surface area contributed by atoms with Gasteiger partial charge in [-0.1, -0.05) is 12.1 Å². The number of H-pyrrole nitrogens is 2. The van der Waals surface area contributed by atoms with Gasteiger partial charge < -0.3 is 9.88 Å². The average Bonchev–Trinajstić information content (AvgIpc) is 3.52. The van der Waals surface area contributed by atoms with Gasteiger partial charge in [0.15, 0.2) is 11.5 Å². The summed E-state index contributed by atoms with van der Waals surface area (Å²) in [6.07, 6.45) is 7.16. The summed E-state index contributed by atoms with van der Waals surface area (Å²) in [5.41, 5.74) is 8.84. The molecule has 0 spiro atoms. The first-order valence-electron chi connectivity index (χ1n) is 12.6. The van der Waals surface area contributed by atoms with Gasteiger partial charge in [0.2, 0.25) is 0 Å². The Morgan fingerprint density at radius 1 is 0.947 bits per heavy atom. The van der Waals surface area contributed by atoms with Crippen LogP contribution in [0.1, 0.15) is 17.5 Å². The first-order chi connectivity index (χ1) is 18.5. The van der Waals surface area contributed by atoms with Crippen LogP contribution in [0.3, 0.4) is 0 Å². The fourth-order valence-corrected chi connectivity index (χ4v) is 4.94. The van der Waals surface area contributed by atoms with E-state index in [4.69, 9.17) is 4.98 Å². The van der Waals surface area contributed by atoms with E-state index in [0.29, 0.717) is 17.2 Å². The monoisotopic (exact) mass is 505 g/mol. The number of rotatable bonds is 7. The number of fused-ring (bicyclic) bond motifs is 2. The van der Waals surface area contributed by atoms with Crippen LogP contribution >= 0.6 is 0 Å². The van der Waals surface area contributed by atoms with E-state index in [1.165, 1.54) is 0 Å². The van der Waals surface area contributed by atoms with E-state index in [0.717, 1.165) is 69.2 Å². The number of halogens is 1. The molecule has 38 heavy (non-hydrogen) atoms. The van der Waals surface area contributed by atoms with E-state index in [1.807, 2.05) is 38.5 Å². The Morgan fingerprint density at radius 3 is 2.68 bits per heavy atom. The standard InChI is InChI=1S/C30H28FN7/c1-18-8-10-32-17-25(18)20-6-7-26-24(16-20)28(37-36-26)30-34-27-23(9-11-33-29(27)35-30)21-13-19(14-22(31)15-21)5-4-12-38(2)3/h6-11,13-17H,4-5,12H2,1-3H3,(H,36,37)(H,33,34,35). The fourth-order valence-electron chi connectivity index (χ4n) is 4.94. The molecule has 0 saturated carbocycles. The van der Waals surface area contributed by atoms with Crippen molar-refractivity contribution in [1.29, 1.82) is 0 Å². The van der Waals surface area contributed by atoms with Crippen molar-refractivity contribution in [1.82, 2.24) is 35.0 Å². The Kier molecular flexibility index (Phi) is 6.17. The van der Waals surface area contributed by atoms with Crippen LogP contribution in [-0.2, 0) is 6.42 Å². The third-order valence-electron chi connectivity index (χ3n) is 6.87. The van der Waals surface area contributed by atoms with E-state index < -0.39 is 0 Å². The quantitative estimate of drug-likeness (QED) is 0.271. The van der Waals surface area contributed by atoms with Gasteiger partial charge in [-0.15, -0.1) is 0 Å². The van der Waals surface area contributed by atoms with Crippen LogP contribution in [0.5, 0.6) is 0 Å². The Morgan fingerprint density at radius 2 is 1.84 bits per heavy atom. The molecule has 2 aromatic carbocycles. The lowest BCUT2D eigenvalue weighted by molar-refractivity contribution is 0.400. The lowest BCUT2D eigenvalue weighted by Crippen LogP contribution is -2.13. The molecule has 0 unspecified atom stereocenters. The second kappa shape index (κ2) is 9.79. The van der Waals surface area contributed by atoms with Gasteiger partial charge in [0.25, 0.3) is 0 Å². The molecule has 0 radical (unpaired) electrons. The van der Waals surface area contributed by atoms with Crippen molar-refractivity contribution < 1.29 is 4.39 Å². The smallest absolute Gasteiger partial charge is 0.178 e. The summed E-state index contributed by atoms with van der Waals surface area (Å²) in [6, 6.07) is 15.3. The number of imidazole rings is 1. The van der Waals surface area contributed by atoms with Crippen molar-refractivity contribution in [3.05, 3.63) is 84.1 Å². The zero-order valence-electron chi connectivity index (χ0n) is 21.6. The van der Waals surface area contributed by atoms with Crippen LogP contribution in [0.2, 0.25) is 0 Å². The van der Waals surface area contributed by atoms with Gasteiger partial charge >= 0.3 is 0 Å². The summed E-state index contributed by atoms with van der Waals surface area (Å²) < 4.78 is 14.6. The molecule has 0 aliphatic rings. The zero-order valence-corrected chi connectivity index (χ0v) is 21.6. The Hall–Kier alpha value is -4.43. The number of pyridine rings is 2. The third kappa shape index (κ3) is 4.54. The molecule has 2 N–H and O–H groups in total. The fraction of sp³-hybridized carbons (Fsp3) is 0.200. The van der Waals surface area contributed by atoms with Gasteiger partial charge in [0.05, 0.1) is 11.0 Å². The summed E-state index contributed by atoms with van der Waals surface area (Å²) in [6.45, 7) is 3.03. The normalized spacial score (nSPS) is 11.7. The van der Waals surface area contributed by atoms with Crippen LogP contribution in [-0.4, -0.2) is 55.7 Å². The Balaban J connectivity index is 1.41. The molecule has 8 heteroatoms. The summed E-state index contributed by atoms with van der Waals surface area (Å²) in [5, 5.41) is 8.63. The molecular weight excluding hydrogens is 477 g/mol. The molecule has 190 valence electrons. The average molecular weight is 506 g/mol. The van der Waals surface area contributed by atoms with Crippen LogP contribution in [0.15, 0.2) is 67.1 Å². The van der Waals surface area contributed by atoms with E-state index in [-0.39, 0.29) is 5.82 Å². The molecule has 0 bridgehead atoms. The number of aromatic nitrogens is 6. The third-order valence-corrected chi connectivity index (χ3v) is 6.87. The molecule has 7 nitrogen and oxygen atoms in total. The van der Waals surface area contributed by atoms with E-state index in [1.54, 1.807) is 24.5 Å². The minimum Gasteiger partial charge on any atom is -0.335 e. The SMILES string of the molecule is Cc1ccncc1-c1ccc2[nH]nc(-c3nc4nccc(-c5cc(F)cc(CCCN(C)C)c5)c4[nH]3)c2c1. The number of nitrogens with zero attached hydrogens (tertiary/aromatic N) is 5. The van der Waals surface area contributed by atoms with Gasteiger partial charge in [-0.3, -0.25) is 10.1 Å². The van der Waals surface area contributed by atoms with Crippen molar-refractivity contribution in [2.24, 2.45) is 0 Å². The van der Waals surface area contributed by atoms with Crippen molar-refractivity contribution in [2.45, 2.75) is 19.8 Å². The molecule has 0 aliphatic heterocycles. The number of aromatic amines is 2. The van der Waals surface area contributed by atoms with Gasteiger partial charge in [0.1, 0.15) is 11.5 Å². The topological polar surface area (TPSA) is 86.4 Å². The predicted octanol–water partition coefficient (Wildman–Crippen LogP) is 6.17. The van der Waals surface area contributed by atoms with E-state index >= 15 is 0 Å². The summed E-state index contributed by atoms with van der Waals surface area (Å²) in [4.78, 5) is 19.1. The maximum absolute atomic E-state index is 14.6. The summed E-state index contributed by atoms with van der Waals surface area (Å²) in [7, 11) is 4.09. The van der Waals surface area contributed by atoms with Gasteiger partial charge in [0, 0.05) is 35.1 Å². The molecule has 4 heterocycles. The van der Waals surface area contributed by atoms with Crippen molar-refractivity contribution >= 4 is 22.1 Å². The number of hydrogen-bond donors (Lipinski definition) is 2. The highest BCUT2D eigenvalue weighted by atomic mass is 19.1. The highest BCUT2D eigenvalue weighted by Gasteiger charge is 2.17. The molecule has 0 amide bonds. The van der Waals surface area contributed by atoms with Crippen LogP contribution in [0.4, 0.5) is 4.39 Å². The van der Waals surface area contributed by atoms with Gasteiger partial charge in [-0.25, -0.2) is 14.4 Å². The van der Waals surface area contributed by atoms with Crippen molar-refractivity contribution in [3.63, 3.8) is 0 Å². The Labute approximate surface area is 219 Å². The maximum atomic E-state index is 14.6. The largest absolute Gasteiger partial charge is 0.335 e. The van der Waals surface area contributed by atoms with Crippen molar-refractivity contribution in [3.8, 4) is 33.8 Å². The minimum atomic E-state index is -0.247. The zero-order chi connectivity index (χ0) is 26.2. The molecule has 0 atom stereocenters. The first-order valence-corrected chi connectivity index (χ1v) is 12.6. The lowest BCUT2D eigenvalue weighted by atomic mass is 10.0. The Bertz CT molecular complexity index is 1770. The molecule has 6 aromatic rings. The van der Waals surface area contributed by atoms with E-state index in [2.05, 4.69) is 55.2 Å². The summed E-state index contributed by atoms with van der Waals surface area (Å²) in [5.74, 6) is 0.359. The first kappa shape index (κ1) is 23.9. The second-order valence-electron chi connectivity index (χ2n) is 9.92. The number of benzene rings is 2. The molecular formula is C30H28FN7. The number of aryl methyl sites for hydroxylation is 2. The molecule has 0 saturated heterocycles. The lowest BCUT2D eigenvalue weighted by Gasteiger charge is -2.10. The highest BCUT2D eigenvalue weighted by Crippen LogP contribution is 2.33. The number of nitrogens with one attached hydrogen (secondary N) is 2. The molecule has 0 aliphatic carbocycles. The highest BCUT2D eigenvalue weighted by molar-refractivity contribution is 5.97. The van der Waals surface area contributed by atoms with Gasteiger partial charge in [-0.2, -0.15) is 5.10 Å². The number of hydrogen-bond acceptors (Lipinski definition) is 5. The molecule has 4 aromatic heterocycles. The molecule has 0 fully saturated rings. The van der Waals surface area contributed by atoms with E-state index in [9.17, 15) is 4.39 Å². The second-order valence-corrected chi connectivity index (χ2v) is 9.92. The predicted molar refractivity (Wildman–Crippen MR) is 149 cm³/mol. The van der Waals surface area contributed by atoms with Crippen molar-refractivity contribution in [2.75, 3.05) is 20.6 Å². The van der Waals surface area contributed by atoms with Crippen LogP contribution in [0, 0.1) is 12.7 Å². The maximum Gasteiger partial charge on any atom is 0.178 e. The van der Waals surface area contributed by atoms with Crippen LogP contribution < -0.4 is 0 Å².